The Balaban J connectivity index is 3.35. The lowest BCUT2D eigenvalue weighted by Crippen LogP contribution is -2.01. The topological polar surface area (TPSA) is 60.5 Å². The summed E-state index contributed by atoms with van der Waals surface area (Å²) in [7, 11) is 0. The standard InChI is InChI=1S/C10H7F2N3/c1-6-7(4-14)9(2-3-13)15-5-8(6)10(11)12/h5,10H,2H2,1H3. The van der Waals surface area contributed by atoms with E-state index in [-0.39, 0.29) is 28.8 Å². The van der Waals surface area contributed by atoms with Crippen LogP contribution in [-0.4, -0.2) is 4.98 Å². The number of halogens is 2. The summed E-state index contributed by atoms with van der Waals surface area (Å²) in [6.07, 6.45) is -1.68. The summed E-state index contributed by atoms with van der Waals surface area (Å²) in [6, 6.07) is 3.63. The Labute approximate surface area is 85.6 Å². The van der Waals surface area contributed by atoms with Gasteiger partial charge < -0.3 is 0 Å². The van der Waals surface area contributed by atoms with Gasteiger partial charge >= 0.3 is 0 Å². The normalized spacial score (nSPS) is 9.73. The Morgan fingerprint density at radius 1 is 1.47 bits per heavy atom. The maximum Gasteiger partial charge on any atom is 0.265 e. The van der Waals surface area contributed by atoms with Crippen molar-refractivity contribution >= 4 is 0 Å². The van der Waals surface area contributed by atoms with Crippen LogP contribution >= 0.6 is 0 Å². The number of nitriles is 2. The van der Waals surface area contributed by atoms with Gasteiger partial charge in [0.1, 0.15) is 6.07 Å². The van der Waals surface area contributed by atoms with Crippen LogP contribution in [0.15, 0.2) is 6.20 Å². The third-order valence-corrected chi connectivity index (χ3v) is 2.05. The molecule has 0 aromatic carbocycles. The Morgan fingerprint density at radius 3 is 2.60 bits per heavy atom. The molecule has 0 aliphatic heterocycles. The van der Waals surface area contributed by atoms with E-state index in [0.29, 0.717) is 0 Å². The third-order valence-electron chi connectivity index (χ3n) is 2.05. The van der Waals surface area contributed by atoms with Gasteiger partial charge in [-0.05, 0) is 12.5 Å². The monoisotopic (exact) mass is 207 g/mol. The average molecular weight is 207 g/mol. The quantitative estimate of drug-likeness (QED) is 0.747. The number of hydrogen-bond donors (Lipinski definition) is 0. The van der Waals surface area contributed by atoms with Gasteiger partial charge in [-0.2, -0.15) is 10.5 Å². The van der Waals surface area contributed by atoms with Crippen molar-refractivity contribution in [3.8, 4) is 12.1 Å². The molecule has 1 heterocycles. The van der Waals surface area contributed by atoms with Crippen LogP contribution in [0.1, 0.15) is 28.8 Å². The van der Waals surface area contributed by atoms with Gasteiger partial charge in [-0.3, -0.25) is 4.98 Å². The number of pyridine rings is 1. The second kappa shape index (κ2) is 4.47. The van der Waals surface area contributed by atoms with Crippen molar-refractivity contribution in [3.05, 3.63) is 28.6 Å². The number of hydrogen-bond acceptors (Lipinski definition) is 3. The van der Waals surface area contributed by atoms with E-state index in [0.717, 1.165) is 6.20 Å². The number of rotatable bonds is 2. The summed E-state index contributed by atoms with van der Waals surface area (Å²) in [5.41, 5.74) is 0.275. The molecule has 0 saturated carbocycles. The Bertz CT molecular complexity index is 455. The van der Waals surface area contributed by atoms with E-state index in [1.54, 1.807) is 6.07 Å². The highest BCUT2D eigenvalue weighted by atomic mass is 19.3. The summed E-state index contributed by atoms with van der Waals surface area (Å²) >= 11 is 0. The zero-order valence-electron chi connectivity index (χ0n) is 7.96. The zero-order chi connectivity index (χ0) is 11.4. The smallest absolute Gasteiger partial charge is 0.258 e. The molecule has 3 nitrogen and oxygen atoms in total. The van der Waals surface area contributed by atoms with Crippen molar-refractivity contribution in [1.29, 1.82) is 10.5 Å². The van der Waals surface area contributed by atoms with Gasteiger partial charge in [0.2, 0.25) is 0 Å². The van der Waals surface area contributed by atoms with Crippen LogP contribution in [0, 0.1) is 29.6 Å². The zero-order valence-corrected chi connectivity index (χ0v) is 7.96. The largest absolute Gasteiger partial charge is 0.265 e. The van der Waals surface area contributed by atoms with Crippen LogP contribution in [0.3, 0.4) is 0 Å². The molecule has 0 bridgehead atoms. The molecule has 0 spiro atoms. The molecule has 1 aromatic rings. The van der Waals surface area contributed by atoms with Crippen LogP contribution in [-0.2, 0) is 6.42 Å². The second-order valence-electron chi connectivity index (χ2n) is 2.91. The summed E-state index contributed by atoms with van der Waals surface area (Å²) in [5, 5.41) is 17.2. The highest BCUT2D eigenvalue weighted by Crippen LogP contribution is 2.25. The number of alkyl halides is 2. The van der Waals surface area contributed by atoms with Crippen LogP contribution in [0.2, 0.25) is 0 Å². The molecule has 0 amide bonds. The Hall–Kier alpha value is -2.01. The first kappa shape index (κ1) is 11.1. The SMILES string of the molecule is Cc1c(C(F)F)cnc(CC#N)c1C#N. The molecular formula is C10H7F2N3. The fourth-order valence-electron chi connectivity index (χ4n) is 1.25. The lowest BCUT2D eigenvalue weighted by molar-refractivity contribution is 0.150. The van der Waals surface area contributed by atoms with Gasteiger partial charge in [0.05, 0.1) is 23.7 Å². The van der Waals surface area contributed by atoms with Gasteiger partial charge in [0.25, 0.3) is 6.43 Å². The first-order chi connectivity index (χ1) is 7.11. The Kier molecular flexibility index (Phi) is 3.30. The van der Waals surface area contributed by atoms with Crippen LogP contribution in [0.4, 0.5) is 8.78 Å². The van der Waals surface area contributed by atoms with Gasteiger partial charge in [-0.1, -0.05) is 0 Å². The minimum atomic E-state index is -2.65. The molecule has 0 radical (unpaired) electrons. The molecule has 0 aliphatic carbocycles. The maximum absolute atomic E-state index is 12.4. The van der Waals surface area contributed by atoms with Crippen LogP contribution in [0.5, 0.6) is 0 Å². The molecule has 0 unspecified atom stereocenters. The highest BCUT2D eigenvalue weighted by molar-refractivity contribution is 5.45. The van der Waals surface area contributed by atoms with E-state index in [2.05, 4.69) is 4.98 Å². The molecule has 5 heteroatoms. The van der Waals surface area contributed by atoms with Crippen molar-refractivity contribution in [2.75, 3.05) is 0 Å². The molecule has 1 rings (SSSR count). The lowest BCUT2D eigenvalue weighted by atomic mass is 10.0. The third kappa shape index (κ3) is 2.08. The van der Waals surface area contributed by atoms with E-state index in [4.69, 9.17) is 10.5 Å². The minimum Gasteiger partial charge on any atom is -0.258 e. The predicted molar refractivity (Wildman–Crippen MR) is 48.0 cm³/mol. The molecular weight excluding hydrogens is 200 g/mol. The van der Waals surface area contributed by atoms with Crippen molar-refractivity contribution < 1.29 is 8.78 Å². The van der Waals surface area contributed by atoms with Crippen molar-refractivity contribution in [2.45, 2.75) is 19.8 Å². The van der Waals surface area contributed by atoms with Gasteiger partial charge in [-0.25, -0.2) is 8.78 Å². The molecule has 0 saturated heterocycles. The first-order valence-electron chi connectivity index (χ1n) is 4.15. The van der Waals surface area contributed by atoms with Crippen molar-refractivity contribution in [1.82, 2.24) is 4.98 Å². The van der Waals surface area contributed by atoms with E-state index in [9.17, 15) is 8.78 Å². The fraction of sp³-hybridized carbons (Fsp3) is 0.300. The second-order valence-corrected chi connectivity index (χ2v) is 2.91. The average Bonchev–Trinajstić information content (AvgIpc) is 2.18. The van der Waals surface area contributed by atoms with Crippen molar-refractivity contribution in [2.24, 2.45) is 0 Å². The van der Waals surface area contributed by atoms with E-state index >= 15 is 0 Å². The van der Waals surface area contributed by atoms with Crippen LogP contribution < -0.4 is 0 Å². The van der Waals surface area contributed by atoms with E-state index in [1.165, 1.54) is 6.92 Å². The molecule has 1 aromatic heterocycles. The van der Waals surface area contributed by atoms with E-state index in [1.807, 2.05) is 6.07 Å². The van der Waals surface area contributed by atoms with Crippen LogP contribution in [0.25, 0.3) is 0 Å². The predicted octanol–water partition coefficient (Wildman–Crippen LogP) is 2.27. The first-order valence-corrected chi connectivity index (χ1v) is 4.15. The summed E-state index contributed by atoms with van der Waals surface area (Å²) in [4.78, 5) is 3.70. The molecule has 0 fully saturated rings. The van der Waals surface area contributed by atoms with E-state index < -0.39 is 6.43 Å². The highest BCUT2D eigenvalue weighted by Gasteiger charge is 2.16. The summed E-state index contributed by atoms with van der Waals surface area (Å²) in [6.45, 7) is 1.43. The van der Waals surface area contributed by atoms with Crippen molar-refractivity contribution in [3.63, 3.8) is 0 Å². The van der Waals surface area contributed by atoms with Gasteiger partial charge in [0, 0.05) is 11.8 Å². The number of nitrogens with zero attached hydrogens (tertiary/aromatic N) is 3. The molecule has 0 aliphatic rings. The fourth-order valence-corrected chi connectivity index (χ4v) is 1.25. The summed E-state index contributed by atoms with van der Waals surface area (Å²) in [5.74, 6) is 0. The minimum absolute atomic E-state index is 0.0484. The van der Waals surface area contributed by atoms with Gasteiger partial charge in [0.15, 0.2) is 0 Å². The Morgan fingerprint density at radius 2 is 2.13 bits per heavy atom. The molecule has 76 valence electrons. The molecule has 0 atom stereocenters. The molecule has 0 N–H and O–H groups in total. The van der Waals surface area contributed by atoms with Gasteiger partial charge in [-0.15, -0.1) is 0 Å². The summed E-state index contributed by atoms with van der Waals surface area (Å²) < 4.78 is 24.9. The number of aromatic nitrogens is 1. The maximum atomic E-state index is 12.4. The molecule has 15 heavy (non-hydrogen) atoms. The lowest BCUT2D eigenvalue weighted by Gasteiger charge is -2.07.